The average molecular weight is 282 g/mol. The summed E-state index contributed by atoms with van der Waals surface area (Å²) in [5, 5.41) is 0. The number of carbonyl (C=O) groups is 1. The second kappa shape index (κ2) is 5.48. The lowest BCUT2D eigenvalue weighted by atomic mass is 9.98. The van der Waals surface area contributed by atoms with Crippen molar-refractivity contribution < 1.29 is 9.53 Å². The SMILES string of the molecule is CC(C(=O)N1CCOc2ccccc21)c1cccc(N)c1. The van der Waals surface area contributed by atoms with Crippen LogP contribution in [0.15, 0.2) is 48.5 Å². The van der Waals surface area contributed by atoms with Crippen LogP contribution in [0.3, 0.4) is 0 Å². The molecule has 2 aromatic rings. The van der Waals surface area contributed by atoms with Crippen LogP contribution in [0.25, 0.3) is 0 Å². The van der Waals surface area contributed by atoms with Crippen LogP contribution in [-0.2, 0) is 4.79 Å². The van der Waals surface area contributed by atoms with Crippen LogP contribution in [-0.4, -0.2) is 19.1 Å². The van der Waals surface area contributed by atoms with Gasteiger partial charge < -0.3 is 15.4 Å². The lowest BCUT2D eigenvalue weighted by molar-refractivity contribution is -0.119. The molecule has 1 unspecified atom stereocenters. The molecule has 2 aromatic carbocycles. The fourth-order valence-electron chi connectivity index (χ4n) is 2.60. The minimum Gasteiger partial charge on any atom is -0.490 e. The molecule has 21 heavy (non-hydrogen) atoms. The summed E-state index contributed by atoms with van der Waals surface area (Å²) in [6, 6.07) is 15.1. The lowest BCUT2D eigenvalue weighted by Gasteiger charge is -2.31. The van der Waals surface area contributed by atoms with Gasteiger partial charge in [-0.2, -0.15) is 0 Å². The highest BCUT2D eigenvalue weighted by atomic mass is 16.5. The van der Waals surface area contributed by atoms with Gasteiger partial charge in [-0.25, -0.2) is 0 Å². The maximum absolute atomic E-state index is 12.8. The van der Waals surface area contributed by atoms with Crippen LogP contribution >= 0.6 is 0 Å². The van der Waals surface area contributed by atoms with E-state index in [4.69, 9.17) is 10.5 Å². The van der Waals surface area contributed by atoms with E-state index in [1.807, 2.05) is 55.5 Å². The number of nitrogen functional groups attached to an aromatic ring is 1. The highest BCUT2D eigenvalue weighted by Crippen LogP contribution is 2.33. The number of fused-ring (bicyclic) bond motifs is 1. The Kier molecular flexibility index (Phi) is 3.52. The van der Waals surface area contributed by atoms with Gasteiger partial charge in [0.25, 0.3) is 0 Å². The molecule has 0 aliphatic carbocycles. The summed E-state index contributed by atoms with van der Waals surface area (Å²) in [4.78, 5) is 14.6. The van der Waals surface area contributed by atoms with Crippen LogP contribution in [0.1, 0.15) is 18.4 Å². The summed E-state index contributed by atoms with van der Waals surface area (Å²) >= 11 is 0. The third kappa shape index (κ3) is 2.57. The van der Waals surface area contributed by atoms with Crippen molar-refractivity contribution in [1.82, 2.24) is 0 Å². The Hall–Kier alpha value is -2.49. The highest BCUT2D eigenvalue weighted by molar-refractivity contribution is 5.99. The number of rotatable bonds is 2. The molecule has 0 fully saturated rings. The second-order valence-electron chi connectivity index (χ2n) is 5.20. The summed E-state index contributed by atoms with van der Waals surface area (Å²) < 4.78 is 5.59. The summed E-state index contributed by atoms with van der Waals surface area (Å²) in [5.41, 5.74) is 8.25. The molecule has 0 radical (unpaired) electrons. The first-order chi connectivity index (χ1) is 10.2. The number of hydrogen-bond donors (Lipinski definition) is 1. The Morgan fingerprint density at radius 3 is 2.86 bits per heavy atom. The van der Waals surface area contributed by atoms with Crippen LogP contribution in [0, 0.1) is 0 Å². The van der Waals surface area contributed by atoms with E-state index in [0.29, 0.717) is 18.8 Å². The summed E-state index contributed by atoms with van der Waals surface area (Å²) in [5.74, 6) is 0.591. The molecule has 0 bridgehead atoms. The number of para-hydroxylation sites is 2. The van der Waals surface area contributed by atoms with Gasteiger partial charge in [-0.05, 0) is 36.8 Å². The third-order valence-electron chi connectivity index (χ3n) is 3.78. The molecule has 0 spiro atoms. The van der Waals surface area contributed by atoms with Crippen LogP contribution in [0.4, 0.5) is 11.4 Å². The molecule has 4 heteroatoms. The number of benzene rings is 2. The van der Waals surface area contributed by atoms with Gasteiger partial charge in [0.2, 0.25) is 5.91 Å². The smallest absolute Gasteiger partial charge is 0.234 e. The van der Waals surface area contributed by atoms with Crippen molar-refractivity contribution in [2.75, 3.05) is 23.8 Å². The number of carbonyl (C=O) groups excluding carboxylic acids is 1. The molecule has 0 aromatic heterocycles. The first kappa shape index (κ1) is 13.5. The van der Waals surface area contributed by atoms with Crippen molar-refractivity contribution in [1.29, 1.82) is 0 Å². The lowest BCUT2D eigenvalue weighted by Crippen LogP contribution is -2.40. The molecule has 1 aliphatic heterocycles. The largest absolute Gasteiger partial charge is 0.490 e. The van der Waals surface area contributed by atoms with E-state index in [0.717, 1.165) is 17.0 Å². The van der Waals surface area contributed by atoms with Crippen molar-refractivity contribution in [2.45, 2.75) is 12.8 Å². The van der Waals surface area contributed by atoms with Gasteiger partial charge in [-0.1, -0.05) is 24.3 Å². The van der Waals surface area contributed by atoms with E-state index in [2.05, 4.69) is 0 Å². The Labute approximate surface area is 124 Å². The van der Waals surface area contributed by atoms with Gasteiger partial charge in [-0.15, -0.1) is 0 Å². The maximum Gasteiger partial charge on any atom is 0.234 e. The molecule has 0 saturated carbocycles. The molecule has 1 amide bonds. The summed E-state index contributed by atoms with van der Waals surface area (Å²) in [7, 11) is 0. The van der Waals surface area contributed by atoms with Gasteiger partial charge in [-0.3, -0.25) is 4.79 Å². The van der Waals surface area contributed by atoms with Gasteiger partial charge in [0.05, 0.1) is 18.2 Å². The van der Waals surface area contributed by atoms with Gasteiger partial charge in [0, 0.05) is 5.69 Å². The Morgan fingerprint density at radius 2 is 2.05 bits per heavy atom. The number of nitrogens with zero attached hydrogens (tertiary/aromatic N) is 1. The van der Waals surface area contributed by atoms with Crippen molar-refractivity contribution in [3.05, 3.63) is 54.1 Å². The van der Waals surface area contributed by atoms with E-state index in [1.165, 1.54) is 0 Å². The Balaban J connectivity index is 1.89. The third-order valence-corrected chi connectivity index (χ3v) is 3.78. The van der Waals surface area contributed by atoms with E-state index in [9.17, 15) is 4.79 Å². The molecule has 0 saturated heterocycles. The predicted octanol–water partition coefficient (Wildman–Crippen LogP) is 2.80. The Morgan fingerprint density at radius 1 is 1.24 bits per heavy atom. The first-order valence-electron chi connectivity index (χ1n) is 7.05. The minimum atomic E-state index is -0.236. The Bertz CT molecular complexity index is 669. The zero-order valence-electron chi connectivity index (χ0n) is 12.0. The van der Waals surface area contributed by atoms with Crippen molar-refractivity contribution >= 4 is 17.3 Å². The number of anilines is 2. The number of hydrogen-bond acceptors (Lipinski definition) is 3. The molecular weight excluding hydrogens is 264 g/mol. The summed E-state index contributed by atoms with van der Waals surface area (Å²) in [6.07, 6.45) is 0. The average Bonchev–Trinajstić information content (AvgIpc) is 2.53. The monoisotopic (exact) mass is 282 g/mol. The van der Waals surface area contributed by atoms with E-state index >= 15 is 0 Å². The number of amides is 1. The topological polar surface area (TPSA) is 55.6 Å². The van der Waals surface area contributed by atoms with Gasteiger partial charge >= 0.3 is 0 Å². The zero-order valence-corrected chi connectivity index (χ0v) is 12.0. The highest BCUT2D eigenvalue weighted by Gasteiger charge is 2.27. The van der Waals surface area contributed by atoms with Gasteiger partial charge in [0.15, 0.2) is 0 Å². The van der Waals surface area contributed by atoms with E-state index in [-0.39, 0.29) is 11.8 Å². The standard InChI is InChI=1S/C17H18N2O2/c1-12(13-5-4-6-14(18)11-13)17(20)19-9-10-21-16-8-3-2-7-15(16)19/h2-8,11-12H,9-10,18H2,1H3. The van der Waals surface area contributed by atoms with Crippen molar-refractivity contribution in [3.8, 4) is 5.75 Å². The molecule has 2 N–H and O–H groups in total. The first-order valence-corrected chi connectivity index (χ1v) is 7.05. The molecule has 4 nitrogen and oxygen atoms in total. The predicted molar refractivity (Wildman–Crippen MR) is 83.6 cm³/mol. The van der Waals surface area contributed by atoms with Crippen LogP contribution < -0.4 is 15.4 Å². The maximum atomic E-state index is 12.8. The van der Waals surface area contributed by atoms with E-state index < -0.39 is 0 Å². The summed E-state index contributed by atoms with van der Waals surface area (Å²) in [6.45, 7) is 3.00. The molecule has 1 heterocycles. The number of ether oxygens (including phenoxy) is 1. The normalized spacial score (nSPS) is 15.0. The quantitative estimate of drug-likeness (QED) is 0.862. The minimum absolute atomic E-state index is 0.0661. The molecule has 1 atom stereocenters. The fourth-order valence-corrected chi connectivity index (χ4v) is 2.60. The molecular formula is C17H18N2O2. The number of nitrogens with two attached hydrogens (primary N) is 1. The van der Waals surface area contributed by atoms with Crippen molar-refractivity contribution in [2.24, 2.45) is 0 Å². The molecule has 108 valence electrons. The second-order valence-corrected chi connectivity index (χ2v) is 5.20. The van der Waals surface area contributed by atoms with Crippen molar-refractivity contribution in [3.63, 3.8) is 0 Å². The van der Waals surface area contributed by atoms with Crippen LogP contribution in [0.2, 0.25) is 0 Å². The zero-order chi connectivity index (χ0) is 14.8. The van der Waals surface area contributed by atoms with Crippen LogP contribution in [0.5, 0.6) is 5.75 Å². The molecule has 1 aliphatic rings. The fraction of sp³-hybridized carbons (Fsp3) is 0.235. The molecule has 3 rings (SSSR count). The van der Waals surface area contributed by atoms with E-state index in [1.54, 1.807) is 4.90 Å². The van der Waals surface area contributed by atoms with Gasteiger partial charge in [0.1, 0.15) is 12.4 Å².